The Labute approximate surface area is 36.8 Å². The summed E-state index contributed by atoms with van der Waals surface area (Å²) >= 11 is 3.64. The highest BCUT2D eigenvalue weighted by atomic mass is 32.1. The lowest BCUT2D eigenvalue weighted by atomic mass is 11.1. The van der Waals surface area contributed by atoms with Gasteiger partial charge in [-0.1, -0.05) is 6.58 Å². The second-order valence-electron chi connectivity index (χ2n) is 0.447. The largest absolute Gasteiger partial charge is 0.259 e. The summed E-state index contributed by atoms with van der Waals surface area (Å²) in [7, 11) is 0. The van der Waals surface area contributed by atoms with Crippen LogP contribution in [0.15, 0.2) is 17.8 Å². The molecule has 0 bridgehead atoms. The van der Waals surface area contributed by atoms with E-state index in [1.807, 2.05) is 0 Å². The first kappa shape index (κ1) is 4.76. The third-order valence-corrected chi connectivity index (χ3v) is 0.305. The monoisotopic (exact) mass is 87.0 g/mol. The van der Waals surface area contributed by atoms with E-state index < -0.39 is 0 Å². The predicted octanol–water partition coefficient (Wildman–Crippen LogP) is 1.09. The summed E-state index contributed by atoms with van der Waals surface area (Å²) in [6, 6.07) is 0. The molecule has 28 valence electrons. The van der Waals surface area contributed by atoms with Gasteiger partial charge < -0.3 is 0 Å². The van der Waals surface area contributed by atoms with Gasteiger partial charge in [-0.2, -0.15) is 0 Å². The van der Waals surface area contributed by atoms with Crippen LogP contribution in [0, 0.1) is 0 Å². The molecule has 0 aliphatic carbocycles. The quantitative estimate of drug-likeness (QED) is 0.279. The Hall–Kier alpha value is -0.240. The zero-order chi connectivity index (χ0) is 4.12. The molecular formula is C3H5NS. The summed E-state index contributed by atoms with van der Waals surface area (Å²) < 4.78 is 0. The molecule has 0 fully saturated rings. The number of nitrogens with zero attached hydrogens (tertiary/aromatic N) is 1. The topological polar surface area (TPSA) is 12.4 Å². The summed E-state index contributed by atoms with van der Waals surface area (Å²) in [6.07, 6.45) is 1.42. The van der Waals surface area contributed by atoms with Gasteiger partial charge in [0.15, 0.2) is 0 Å². The highest BCUT2D eigenvalue weighted by Crippen LogP contribution is 1.63. The summed E-state index contributed by atoms with van der Waals surface area (Å²) in [6.45, 7) is 3.30. The van der Waals surface area contributed by atoms with Gasteiger partial charge in [0.2, 0.25) is 0 Å². The average Bonchev–Trinajstić information content (AvgIpc) is 1.41. The van der Waals surface area contributed by atoms with Crippen LogP contribution in [-0.2, 0) is 0 Å². The first-order valence-corrected chi connectivity index (χ1v) is 1.70. The molecule has 2 heteroatoms. The number of hydrogen-bond donors (Lipinski definition) is 1. The van der Waals surface area contributed by atoms with Crippen LogP contribution < -0.4 is 0 Å². The molecule has 0 amide bonds. The summed E-state index contributed by atoms with van der Waals surface area (Å²) in [4.78, 5) is 3.48. The zero-order valence-electron chi connectivity index (χ0n) is 2.76. The maximum absolute atomic E-state index is 3.64. The Bertz CT molecular complexity index is 48.9. The lowest BCUT2D eigenvalue weighted by Gasteiger charge is -1.58. The number of rotatable bonds is 1. The van der Waals surface area contributed by atoms with Gasteiger partial charge in [0.25, 0.3) is 0 Å². The van der Waals surface area contributed by atoms with Crippen molar-refractivity contribution in [1.82, 2.24) is 0 Å². The molecule has 0 aromatic heterocycles. The van der Waals surface area contributed by atoms with Crippen LogP contribution in [0.1, 0.15) is 0 Å². The van der Waals surface area contributed by atoms with E-state index in [4.69, 9.17) is 0 Å². The third-order valence-electron chi connectivity index (χ3n) is 0.172. The Morgan fingerprint density at radius 2 is 2.40 bits per heavy atom. The fourth-order valence-electron chi connectivity index (χ4n) is 0.0471. The van der Waals surface area contributed by atoms with Gasteiger partial charge in [-0.3, -0.25) is 4.99 Å². The highest BCUT2D eigenvalue weighted by Gasteiger charge is 1.41. The van der Waals surface area contributed by atoms with E-state index in [9.17, 15) is 0 Å². The molecule has 0 saturated carbocycles. The molecule has 0 heterocycles. The van der Waals surface area contributed by atoms with Crippen LogP contribution in [0.4, 0.5) is 0 Å². The minimum Gasteiger partial charge on any atom is -0.259 e. The third kappa shape index (κ3) is 3.76. The Balaban J connectivity index is 2.92. The maximum atomic E-state index is 3.64. The van der Waals surface area contributed by atoms with E-state index in [-0.39, 0.29) is 0 Å². The van der Waals surface area contributed by atoms with Crippen LogP contribution in [0.2, 0.25) is 0 Å². The molecule has 0 atom stereocenters. The molecule has 0 aromatic rings. The van der Waals surface area contributed by atoms with E-state index in [2.05, 4.69) is 24.2 Å². The molecule has 0 rings (SSSR count). The number of aliphatic imine (C=N–C) groups is 1. The van der Waals surface area contributed by atoms with Crippen molar-refractivity contribution in [3.05, 3.63) is 12.8 Å². The summed E-state index contributed by atoms with van der Waals surface area (Å²) in [5, 5.41) is 0. The molecule has 0 saturated heterocycles. The maximum Gasteiger partial charge on any atom is 0.0565 e. The van der Waals surface area contributed by atoms with Gasteiger partial charge >= 0.3 is 0 Å². The van der Waals surface area contributed by atoms with Crippen LogP contribution in [0.3, 0.4) is 0 Å². The van der Waals surface area contributed by atoms with Gasteiger partial charge in [0, 0.05) is 6.20 Å². The van der Waals surface area contributed by atoms with Crippen molar-refractivity contribution in [2.45, 2.75) is 0 Å². The standard InChI is InChI=1S/C3H5NS/c1-2-4-3-5/h2-3H,1H2,(H,4,5). The van der Waals surface area contributed by atoms with Crippen LogP contribution in [0.25, 0.3) is 0 Å². The van der Waals surface area contributed by atoms with Crippen molar-refractivity contribution in [2.75, 3.05) is 0 Å². The van der Waals surface area contributed by atoms with E-state index in [1.165, 1.54) is 11.7 Å². The SMILES string of the molecule is C=C/N=C\S. The van der Waals surface area contributed by atoms with Gasteiger partial charge in [-0.05, 0) is 0 Å². The minimum absolute atomic E-state index is 1.38. The summed E-state index contributed by atoms with van der Waals surface area (Å²) in [5.74, 6) is 0. The van der Waals surface area contributed by atoms with E-state index in [1.54, 1.807) is 0 Å². The van der Waals surface area contributed by atoms with Crippen LogP contribution in [-0.4, -0.2) is 5.55 Å². The van der Waals surface area contributed by atoms with Crippen LogP contribution in [0.5, 0.6) is 0 Å². The lowest BCUT2D eigenvalue weighted by molar-refractivity contribution is 1.65. The van der Waals surface area contributed by atoms with E-state index in [0.717, 1.165) is 0 Å². The second kappa shape index (κ2) is 3.76. The lowest BCUT2D eigenvalue weighted by Crippen LogP contribution is -1.40. The Morgan fingerprint density at radius 3 is 2.40 bits per heavy atom. The first-order chi connectivity index (χ1) is 2.41. The molecule has 0 spiro atoms. The van der Waals surface area contributed by atoms with Crippen molar-refractivity contribution in [1.29, 1.82) is 0 Å². The minimum atomic E-state index is 1.38. The average molecular weight is 87.1 g/mol. The molecule has 5 heavy (non-hydrogen) atoms. The van der Waals surface area contributed by atoms with Crippen molar-refractivity contribution in [3.8, 4) is 0 Å². The first-order valence-electron chi connectivity index (χ1n) is 1.18. The number of thiol groups is 1. The fraction of sp³-hybridized carbons (Fsp3) is 0. The molecule has 0 unspecified atom stereocenters. The number of hydrogen-bond acceptors (Lipinski definition) is 1. The molecule has 0 aromatic carbocycles. The highest BCUT2D eigenvalue weighted by molar-refractivity contribution is 7.94. The second-order valence-corrected chi connectivity index (χ2v) is 0.678. The van der Waals surface area contributed by atoms with Crippen molar-refractivity contribution in [3.63, 3.8) is 0 Å². The Morgan fingerprint density at radius 1 is 1.80 bits per heavy atom. The normalized spacial score (nSPS) is 9.00. The van der Waals surface area contributed by atoms with E-state index in [0.29, 0.717) is 0 Å². The van der Waals surface area contributed by atoms with Crippen molar-refractivity contribution in [2.24, 2.45) is 4.99 Å². The van der Waals surface area contributed by atoms with Gasteiger partial charge in [-0.15, -0.1) is 12.6 Å². The molecular weight excluding hydrogens is 82.1 g/mol. The predicted molar refractivity (Wildman–Crippen MR) is 27.7 cm³/mol. The molecule has 0 N–H and O–H groups in total. The smallest absolute Gasteiger partial charge is 0.0565 e. The molecule has 1 nitrogen and oxygen atoms in total. The zero-order valence-corrected chi connectivity index (χ0v) is 3.65. The van der Waals surface area contributed by atoms with Crippen LogP contribution >= 0.6 is 12.6 Å². The molecule has 0 aliphatic heterocycles. The Kier molecular flexibility index (Phi) is 3.58. The van der Waals surface area contributed by atoms with E-state index >= 15 is 0 Å². The molecule has 0 radical (unpaired) electrons. The van der Waals surface area contributed by atoms with Gasteiger partial charge in [0.05, 0.1) is 5.55 Å². The summed E-state index contributed by atoms with van der Waals surface area (Å²) in [5.41, 5.74) is 1.38. The van der Waals surface area contributed by atoms with Gasteiger partial charge in [0.1, 0.15) is 0 Å². The van der Waals surface area contributed by atoms with Crippen molar-refractivity contribution < 1.29 is 0 Å². The van der Waals surface area contributed by atoms with Crippen molar-refractivity contribution >= 4 is 18.2 Å². The fourth-order valence-corrected chi connectivity index (χ4v) is 0.141. The van der Waals surface area contributed by atoms with Gasteiger partial charge in [-0.25, -0.2) is 0 Å². The molecule has 0 aliphatic rings.